The van der Waals surface area contributed by atoms with Crippen LogP contribution in [0.3, 0.4) is 0 Å². The number of aromatic carboxylic acids is 1. The van der Waals surface area contributed by atoms with Gasteiger partial charge in [0.25, 0.3) is 5.91 Å². The molecular formula is C15H12BrNO4. The third kappa shape index (κ3) is 3.68. The van der Waals surface area contributed by atoms with E-state index < -0.39 is 18.0 Å². The molecule has 1 atom stereocenters. The molecule has 0 bridgehead atoms. The Labute approximate surface area is 129 Å². The summed E-state index contributed by atoms with van der Waals surface area (Å²) in [4.78, 5) is 23.2. The van der Waals surface area contributed by atoms with Crippen LogP contribution in [0.1, 0.15) is 22.0 Å². The summed E-state index contributed by atoms with van der Waals surface area (Å²) in [6, 6.07) is 12.9. The Morgan fingerprint density at radius 1 is 1.10 bits per heavy atom. The largest absolute Gasteiger partial charge is 0.478 e. The van der Waals surface area contributed by atoms with E-state index in [0.29, 0.717) is 10.0 Å². The van der Waals surface area contributed by atoms with Crippen molar-refractivity contribution in [1.29, 1.82) is 0 Å². The Balaban J connectivity index is 2.22. The zero-order valence-electron chi connectivity index (χ0n) is 10.8. The number of halogens is 1. The molecule has 2 aromatic carbocycles. The molecule has 21 heavy (non-hydrogen) atoms. The van der Waals surface area contributed by atoms with Crippen molar-refractivity contribution in [3.05, 3.63) is 64.1 Å². The molecular weight excluding hydrogens is 338 g/mol. The van der Waals surface area contributed by atoms with Gasteiger partial charge in [-0.05, 0) is 23.8 Å². The maximum absolute atomic E-state index is 12.0. The van der Waals surface area contributed by atoms with Gasteiger partial charge in [-0.1, -0.05) is 46.3 Å². The predicted octanol–water partition coefficient (Wildman–Crippen LogP) is 2.82. The highest BCUT2D eigenvalue weighted by Gasteiger charge is 2.19. The maximum atomic E-state index is 12.0. The molecule has 108 valence electrons. The molecule has 0 aliphatic heterocycles. The van der Waals surface area contributed by atoms with Crippen molar-refractivity contribution < 1.29 is 19.8 Å². The molecule has 0 fully saturated rings. The van der Waals surface area contributed by atoms with Gasteiger partial charge in [0.15, 0.2) is 6.10 Å². The van der Waals surface area contributed by atoms with Crippen molar-refractivity contribution in [2.45, 2.75) is 6.10 Å². The summed E-state index contributed by atoms with van der Waals surface area (Å²) < 4.78 is 0.585. The van der Waals surface area contributed by atoms with E-state index in [1.165, 1.54) is 12.1 Å². The molecule has 0 aliphatic carbocycles. The van der Waals surface area contributed by atoms with Crippen molar-refractivity contribution in [2.24, 2.45) is 0 Å². The number of carbonyl (C=O) groups excluding carboxylic acids is 1. The van der Waals surface area contributed by atoms with Crippen LogP contribution in [0, 0.1) is 0 Å². The number of carboxylic acids is 1. The molecule has 1 unspecified atom stereocenters. The number of hydrogen-bond acceptors (Lipinski definition) is 3. The van der Waals surface area contributed by atoms with Crippen molar-refractivity contribution in [3.63, 3.8) is 0 Å². The Hall–Kier alpha value is -2.18. The normalized spacial score (nSPS) is 11.7. The summed E-state index contributed by atoms with van der Waals surface area (Å²) in [6.07, 6.45) is -1.36. The molecule has 0 saturated heterocycles. The van der Waals surface area contributed by atoms with E-state index in [0.717, 1.165) is 0 Å². The van der Waals surface area contributed by atoms with Crippen LogP contribution in [0.5, 0.6) is 0 Å². The first kappa shape index (κ1) is 15.2. The van der Waals surface area contributed by atoms with E-state index in [2.05, 4.69) is 21.2 Å². The van der Waals surface area contributed by atoms with Crippen LogP contribution in [-0.2, 0) is 4.79 Å². The van der Waals surface area contributed by atoms with Gasteiger partial charge < -0.3 is 15.5 Å². The van der Waals surface area contributed by atoms with E-state index in [9.17, 15) is 14.7 Å². The first-order valence-corrected chi connectivity index (χ1v) is 6.85. The second-order valence-electron chi connectivity index (χ2n) is 4.30. The molecule has 0 radical (unpaired) electrons. The number of benzene rings is 2. The summed E-state index contributed by atoms with van der Waals surface area (Å²) in [5, 5.41) is 21.5. The highest BCUT2D eigenvalue weighted by Crippen LogP contribution is 2.23. The van der Waals surface area contributed by atoms with E-state index in [1.807, 2.05) is 0 Å². The van der Waals surface area contributed by atoms with Gasteiger partial charge in [0.05, 0.1) is 11.3 Å². The standard InChI is InChI=1S/C15H12BrNO4/c16-10-6-7-12(11(8-10)15(20)21)17-14(19)13(18)9-4-2-1-3-5-9/h1-8,13,18H,(H,17,19)(H,20,21). The monoisotopic (exact) mass is 349 g/mol. The number of carboxylic acid groups (broad SMARTS) is 1. The summed E-state index contributed by atoms with van der Waals surface area (Å²) in [5.41, 5.74) is 0.507. The Bertz CT molecular complexity index is 673. The van der Waals surface area contributed by atoms with E-state index in [-0.39, 0.29) is 11.3 Å². The topological polar surface area (TPSA) is 86.6 Å². The van der Waals surface area contributed by atoms with Gasteiger partial charge in [-0.25, -0.2) is 4.79 Å². The lowest BCUT2D eigenvalue weighted by Gasteiger charge is -2.13. The smallest absolute Gasteiger partial charge is 0.337 e. The average Bonchev–Trinajstić information content (AvgIpc) is 2.49. The lowest BCUT2D eigenvalue weighted by molar-refractivity contribution is -0.124. The number of hydrogen-bond donors (Lipinski definition) is 3. The number of nitrogens with one attached hydrogen (secondary N) is 1. The van der Waals surface area contributed by atoms with Crippen molar-refractivity contribution in [1.82, 2.24) is 0 Å². The summed E-state index contributed by atoms with van der Waals surface area (Å²) >= 11 is 3.17. The van der Waals surface area contributed by atoms with Gasteiger partial charge in [-0.2, -0.15) is 0 Å². The first-order valence-electron chi connectivity index (χ1n) is 6.06. The SMILES string of the molecule is O=C(O)c1cc(Br)ccc1NC(=O)C(O)c1ccccc1. The van der Waals surface area contributed by atoms with Gasteiger partial charge in [0, 0.05) is 4.47 Å². The number of rotatable bonds is 4. The van der Waals surface area contributed by atoms with Crippen LogP contribution in [0.2, 0.25) is 0 Å². The number of carbonyl (C=O) groups is 2. The zero-order valence-corrected chi connectivity index (χ0v) is 12.4. The molecule has 0 heterocycles. The van der Waals surface area contributed by atoms with E-state index in [1.54, 1.807) is 36.4 Å². The van der Waals surface area contributed by atoms with Crippen LogP contribution in [0.25, 0.3) is 0 Å². The minimum Gasteiger partial charge on any atom is -0.478 e. The molecule has 0 aromatic heterocycles. The Morgan fingerprint density at radius 3 is 2.38 bits per heavy atom. The zero-order chi connectivity index (χ0) is 15.4. The minimum atomic E-state index is -1.36. The van der Waals surface area contributed by atoms with Crippen LogP contribution < -0.4 is 5.32 Å². The van der Waals surface area contributed by atoms with Crippen LogP contribution in [0.4, 0.5) is 5.69 Å². The minimum absolute atomic E-state index is 0.0574. The second kappa shape index (κ2) is 6.51. The maximum Gasteiger partial charge on any atom is 0.337 e. The molecule has 0 saturated carbocycles. The summed E-state index contributed by atoms with van der Waals surface area (Å²) in [7, 11) is 0. The van der Waals surface area contributed by atoms with E-state index in [4.69, 9.17) is 5.11 Å². The van der Waals surface area contributed by atoms with Crippen molar-refractivity contribution >= 4 is 33.5 Å². The fourth-order valence-corrected chi connectivity index (χ4v) is 2.15. The second-order valence-corrected chi connectivity index (χ2v) is 5.21. The highest BCUT2D eigenvalue weighted by atomic mass is 79.9. The third-order valence-corrected chi connectivity index (χ3v) is 3.33. The van der Waals surface area contributed by atoms with Crippen LogP contribution in [-0.4, -0.2) is 22.1 Å². The predicted molar refractivity (Wildman–Crippen MR) is 81.1 cm³/mol. The van der Waals surface area contributed by atoms with Crippen LogP contribution in [0.15, 0.2) is 53.0 Å². The van der Waals surface area contributed by atoms with Gasteiger partial charge in [0.2, 0.25) is 0 Å². The van der Waals surface area contributed by atoms with Gasteiger partial charge in [-0.3, -0.25) is 4.79 Å². The molecule has 3 N–H and O–H groups in total. The number of anilines is 1. The third-order valence-electron chi connectivity index (χ3n) is 2.83. The first-order chi connectivity index (χ1) is 9.99. The fourth-order valence-electron chi connectivity index (χ4n) is 1.79. The molecule has 1 amide bonds. The fraction of sp³-hybridized carbons (Fsp3) is 0.0667. The molecule has 0 aliphatic rings. The summed E-state index contributed by atoms with van der Waals surface area (Å²) in [5.74, 6) is -1.85. The van der Waals surface area contributed by atoms with Crippen LogP contribution >= 0.6 is 15.9 Å². The van der Waals surface area contributed by atoms with Gasteiger partial charge in [0.1, 0.15) is 0 Å². The lowest BCUT2D eigenvalue weighted by Crippen LogP contribution is -2.22. The molecule has 2 aromatic rings. The molecule has 2 rings (SSSR count). The highest BCUT2D eigenvalue weighted by molar-refractivity contribution is 9.10. The molecule has 0 spiro atoms. The quantitative estimate of drug-likeness (QED) is 0.791. The summed E-state index contributed by atoms with van der Waals surface area (Å²) in [6.45, 7) is 0. The Kier molecular flexibility index (Phi) is 4.72. The van der Waals surface area contributed by atoms with Crippen molar-refractivity contribution in [3.8, 4) is 0 Å². The lowest BCUT2D eigenvalue weighted by atomic mass is 10.1. The average molecular weight is 350 g/mol. The van der Waals surface area contributed by atoms with Gasteiger partial charge >= 0.3 is 5.97 Å². The molecule has 5 nitrogen and oxygen atoms in total. The number of aliphatic hydroxyl groups is 1. The number of aliphatic hydroxyl groups excluding tert-OH is 1. The Morgan fingerprint density at radius 2 is 1.76 bits per heavy atom. The van der Waals surface area contributed by atoms with Crippen molar-refractivity contribution in [2.75, 3.05) is 5.32 Å². The number of amides is 1. The van der Waals surface area contributed by atoms with E-state index >= 15 is 0 Å². The molecule has 6 heteroatoms. The van der Waals surface area contributed by atoms with Gasteiger partial charge in [-0.15, -0.1) is 0 Å².